The number of hydrogen-bond donors (Lipinski definition) is 2. The molecule has 0 saturated heterocycles. The monoisotopic (exact) mass is 253 g/mol. The van der Waals surface area contributed by atoms with E-state index in [1.54, 1.807) is 32.4 Å². The van der Waals surface area contributed by atoms with Gasteiger partial charge in [-0.1, -0.05) is 11.6 Å². The fraction of sp³-hybridized carbons (Fsp3) is 0.182. The number of nitrogens with zero attached hydrogens (tertiary/aromatic N) is 1. The van der Waals surface area contributed by atoms with Gasteiger partial charge in [0.15, 0.2) is 11.5 Å². The van der Waals surface area contributed by atoms with Gasteiger partial charge in [-0.05, 0) is 12.1 Å². The largest absolute Gasteiger partial charge is 0.493 e. The van der Waals surface area contributed by atoms with Gasteiger partial charge in [0.1, 0.15) is 5.82 Å². The third-order valence-corrected chi connectivity index (χ3v) is 2.68. The van der Waals surface area contributed by atoms with Crippen LogP contribution in [-0.2, 0) is 0 Å². The van der Waals surface area contributed by atoms with Gasteiger partial charge < -0.3 is 15.2 Å². The van der Waals surface area contributed by atoms with Crippen molar-refractivity contribution in [1.29, 1.82) is 0 Å². The molecule has 0 bridgehead atoms. The summed E-state index contributed by atoms with van der Waals surface area (Å²) in [5.74, 6) is 1.53. The van der Waals surface area contributed by atoms with Crippen LogP contribution >= 0.6 is 11.6 Å². The molecule has 90 valence electrons. The standard InChI is InChI=1S/C11H12ClN3O2/c1-16-8-4-3-6(12)10(11(8)17-2)7-5-9(13)15-14-7/h3-5H,1-2H3,(H3,13,14,15). The molecule has 0 aliphatic rings. The average molecular weight is 254 g/mol. The van der Waals surface area contributed by atoms with Crippen molar-refractivity contribution >= 4 is 17.4 Å². The van der Waals surface area contributed by atoms with E-state index in [0.717, 1.165) is 0 Å². The molecule has 0 aliphatic carbocycles. The van der Waals surface area contributed by atoms with E-state index in [1.807, 2.05) is 0 Å². The first-order valence-corrected chi connectivity index (χ1v) is 5.27. The van der Waals surface area contributed by atoms with Gasteiger partial charge in [-0.15, -0.1) is 0 Å². The van der Waals surface area contributed by atoms with Gasteiger partial charge in [-0.2, -0.15) is 5.10 Å². The fourth-order valence-electron chi connectivity index (χ4n) is 1.62. The van der Waals surface area contributed by atoms with E-state index in [4.69, 9.17) is 26.8 Å². The molecule has 0 amide bonds. The Labute approximate surface area is 103 Å². The van der Waals surface area contributed by atoms with Gasteiger partial charge in [-0.3, -0.25) is 5.10 Å². The number of H-pyrrole nitrogens is 1. The van der Waals surface area contributed by atoms with E-state index in [9.17, 15) is 0 Å². The fourth-order valence-corrected chi connectivity index (χ4v) is 1.87. The molecule has 5 nitrogen and oxygen atoms in total. The van der Waals surface area contributed by atoms with Crippen molar-refractivity contribution in [3.63, 3.8) is 0 Å². The van der Waals surface area contributed by atoms with Crippen molar-refractivity contribution < 1.29 is 9.47 Å². The van der Waals surface area contributed by atoms with Crippen molar-refractivity contribution in [2.75, 3.05) is 20.0 Å². The van der Waals surface area contributed by atoms with E-state index in [0.29, 0.717) is 33.6 Å². The number of aromatic nitrogens is 2. The molecule has 0 radical (unpaired) electrons. The van der Waals surface area contributed by atoms with Crippen molar-refractivity contribution in [3.05, 3.63) is 23.2 Å². The minimum atomic E-state index is 0.390. The number of aromatic amines is 1. The van der Waals surface area contributed by atoms with Crippen molar-refractivity contribution in [3.8, 4) is 22.8 Å². The van der Waals surface area contributed by atoms with Crippen LogP contribution in [0.5, 0.6) is 11.5 Å². The molecule has 0 fully saturated rings. The van der Waals surface area contributed by atoms with Gasteiger partial charge in [0.2, 0.25) is 0 Å². The van der Waals surface area contributed by atoms with Gasteiger partial charge in [0.25, 0.3) is 0 Å². The van der Waals surface area contributed by atoms with Crippen molar-refractivity contribution in [1.82, 2.24) is 10.2 Å². The molecule has 17 heavy (non-hydrogen) atoms. The molecule has 0 unspecified atom stereocenters. The highest BCUT2D eigenvalue weighted by Gasteiger charge is 2.17. The number of ether oxygens (including phenoxy) is 2. The second-order valence-corrected chi connectivity index (χ2v) is 3.77. The summed E-state index contributed by atoms with van der Waals surface area (Å²) in [6.45, 7) is 0. The lowest BCUT2D eigenvalue weighted by Crippen LogP contribution is -1.94. The average Bonchev–Trinajstić information content (AvgIpc) is 2.74. The second-order valence-electron chi connectivity index (χ2n) is 3.36. The highest BCUT2D eigenvalue weighted by molar-refractivity contribution is 6.33. The predicted octanol–water partition coefficient (Wildman–Crippen LogP) is 2.33. The summed E-state index contributed by atoms with van der Waals surface area (Å²) in [4.78, 5) is 0. The summed E-state index contributed by atoms with van der Waals surface area (Å²) in [5.41, 5.74) is 6.93. The first-order chi connectivity index (χ1) is 8.17. The number of benzene rings is 1. The molecule has 2 aromatic rings. The number of nitrogen functional groups attached to an aromatic ring is 1. The SMILES string of the molecule is COc1ccc(Cl)c(-c2cc(N)n[nH]2)c1OC. The summed E-state index contributed by atoms with van der Waals surface area (Å²) in [6, 6.07) is 5.16. The quantitative estimate of drug-likeness (QED) is 0.881. The lowest BCUT2D eigenvalue weighted by Gasteiger charge is -2.12. The maximum absolute atomic E-state index is 6.16. The molecule has 3 N–H and O–H groups in total. The van der Waals surface area contributed by atoms with Gasteiger partial charge in [0.05, 0.1) is 30.5 Å². The zero-order valence-electron chi connectivity index (χ0n) is 9.45. The van der Waals surface area contributed by atoms with Crippen LogP contribution in [0.1, 0.15) is 0 Å². The van der Waals surface area contributed by atoms with Gasteiger partial charge in [-0.25, -0.2) is 0 Å². The first-order valence-electron chi connectivity index (χ1n) is 4.89. The highest BCUT2D eigenvalue weighted by Crippen LogP contribution is 2.42. The number of nitrogens with one attached hydrogen (secondary N) is 1. The van der Waals surface area contributed by atoms with Crippen LogP contribution in [0.4, 0.5) is 5.82 Å². The molecule has 0 spiro atoms. The van der Waals surface area contributed by atoms with Crippen LogP contribution in [0.3, 0.4) is 0 Å². The molecule has 1 aromatic heterocycles. The summed E-state index contributed by atoms with van der Waals surface area (Å²) in [7, 11) is 3.12. The van der Waals surface area contributed by atoms with Crippen LogP contribution in [-0.4, -0.2) is 24.4 Å². The summed E-state index contributed by atoms with van der Waals surface area (Å²) >= 11 is 6.16. The zero-order chi connectivity index (χ0) is 12.4. The Morgan fingerprint density at radius 3 is 2.59 bits per heavy atom. The Bertz CT molecular complexity index is 540. The summed E-state index contributed by atoms with van der Waals surface area (Å²) in [6.07, 6.45) is 0. The molecule has 2 rings (SSSR count). The van der Waals surface area contributed by atoms with Crippen LogP contribution in [0.15, 0.2) is 18.2 Å². The Balaban J connectivity index is 2.66. The molecular weight excluding hydrogens is 242 g/mol. The predicted molar refractivity (Wildman–Crippen MR) is 66.6 cm³/mol. The molecule has 0 atom stereocenters. The van der Waals surface area contributed by atoms with Gasteiger partial charge in [0, 0.05) is 6.07 Å². The van der Waals surface area contributed by atoms with E-state index in [-0.39, 0.29) is 0 Å². The molecule has 0 aliphatic heterocycles. The normalized spacial score (nSPS) is 10.3. The minimum absolute atomic E-state index is 0.390. The van der Waals surface area contributed by atoms with E-state index < -0.39 is 0 Å². The lowest BCUT2D eigenvalue weighted by molar-refractivity contribution is 0.356. The topological polar surface area (TPSA) is 73.2 Å². The maximum atomic E-state index is 6.16. The third kappa shape index (κ3) is 2.01. The number of hydrogen-bond acceptors (Lipinski definition) is 4. The molecule has 6 heteroatoms. The number of methoxy groups -OCH3 is 2. The lowest BCUT2D eigenvalue weighted by atomic mass is 10.1. The van der Waals surface area contributed by atoms with E-state index in [1.165, 1.54) is 0 Å². The molecule has 1 heterocycles. The minimum Gasteiger partial charge on any atom is -0.493 e. The first kappa shape index (κ1) is 11.6. The summed E-state index contributed by atoms with van der Waals surface area (Å²) < 4.78 is 10.5. The number of halogens is 1. The highest BCUT2D eigenvalue weighted by atomic mass is 35.5. The van der Waals surface area contributed by atoms with Crippen molar-refractivity contribution in [2.24, 2.45) is 0 Å². The van der Waals surface area contributed by atoms with Crippen LogP contribution in [0, 0.1) is 0 Å². The molecular formula is C11H12ClN3O2. The van der Waals surface area contributed by atoms with Gasteiger partial charge >= 0.3 is 0 Å². The van der Waals surface area contributed by atoms with Crippen LogP contribution in [0.25, 0.3) is 11.3 Å². The van der Waals surface area contributed by atoms with Crippen LogP contribution in [0.2, 0.25) is 5.02 Å². The van der Waals surface area contributed by atoms with Crippen LogP contribution < -0.4 is 15.2 Å². The Kier molecular flexibility index (Phi) is 3.10. The zero-order valence-corrected chi connectivity index (χ0v) is 10.2. The third-order valence-electron chi connectivity index (χ3n) is 2.36. The molecule has 1 aromatic carbocycles. The molecule has 0 saturated carbocycles. The maximum Gasteiger partial charge on any atom is 0.171 e. The Morgan fingerprint density at radius 2 is 2.06 bits per heavy atom. The number of rotatable bonds is 3. The number of anilines is 1. The van der Waals surface area contributed by atoms with Crippen molar-refractivity contribution in [2.45, 2.75) is 0 Å². The second kappa shape index (κ2) is 4.55. The summed E-state index contributed by atoms with van der Waals surface area (Å²) in [5, 5.41) is 7.19. The Hall–Kier alpha value is -1.88. The number of nitrogens with two attached hydrogens (primary N) is 1. The van der Waals surface area contributed by atoms with E-state index >= 15 is 0 Å². The smallest absolute Gasteiger partial charge is 0.171 e. The Morgan fingerprint density at radius 1 is 1.29 bits per heavy atom. The van der Waals surface area contributed by atoms with E-state index in [2.05, 4.69) is 10.2 Å².